The molecule has 21 heavy (non-hydrogen) atoms. The molecule has 0 bridgehead atoms. The first kappa shape index (κ1) is 15.9. The second-order valence-electron chi connectivity index (χ2n) is 4.67. The molecule has 1 aromatic carbocycles. The van der Waals surface area contributed by atoms with Crippen LogP contribution < -0.4 is 11.1 Å². The van der Waals surface area contributed by atoms with E-state index in [1.807, 2.05) is 0 Å². The maximum Gasteiger partial charge on any atom is 0.407 e. The highest BCUT2D eigenvalue weighted by Crippen LogP contribution is 2.28. The second kappa shape index (κ2) is 6.08. The predicted octanol–water partition coefficient (Wildman–Crippen LogP) is 1.04. The Labute approximate surface area is 128 Å². The van der Waals surface area contributed by atoms with E-state index in [0.717, 1.165) is 0 Å². The molecule has 1 atom stereocenters. The first-order valence-electron chi connectivity index (χ1n) is 6.24. The van der Waals surface area contributed by atoms with Gasteiger partial charge in [0.15, 0.2) is 0 Å². The molecule has 1 aromatic rings. The smallest absolute Gasteiger partial charge is 0.407 e. The van der Waals surface area contributed by atoms with Crippen molar-refractivity contribution in [1.29, 1.82) is 0 Å². The van der Waals surface area contributed by atoms with Gasteiger partial charge >= 0.3 is 6.09 Å². The standard InChI is InChI=1S/C12H16ClN3O4S/c1-20-12(17)15-9-4-5-16(7-9)21(18,19)11-6-8(13)2-3-10(11)14/h2-3,6,9H,4-5,7,14H2,1H3,(H,15,17). The third kappa shape index (κ3) is 3.39. The minimum Gasteiger partial charge on any atom is -0.453 e. The summed E-state index contributed by atoms with van der Waals surface area (Å²) >= 11 is 5.83. The molecule has 1 saturated heterocycles. The lowest BCUT2D eigenvalue weighted by molar-refractivity contribution is 0.167. The van der Waals surface area contributed by atoms with Crippen LogP contribution in [-0.4, -0.2) is 45.1 Å². The van der Waals surface area contributed by atoms with Crippen molar-refractivity contribution in [3.8, 4) is 0 Å². The number of nitrogens with two attached hydrogens (primary N) is 1. The number of carbonyl (C=O) groups is 1. The molecule has 0 radical (unpaired) electrons. The predicted molar refractivity (Wildman–Crippen MR) is 78.6 cm³/mol. The number of rotatable bonds is 3. The number of ether oxygens (including phenoxy) is 1. The largest absolute Gasteiger partial charge is 0.453 e. The molecule has 3 N–H and O–H groups in total. The number of methoxy groups -OCH3 is 1. The Bertz CT molecular complexity index is 650. The summed E-state index contributed by atoms with van der Waals surface area (Å²) in [6.07, 6.45) is -0.0732. The minimum absolute atomic E-state index is 0.0197. The average Bonchev–Trinajstić information content (AvgIpc) is 2.90. The van der Waals surface area contributed by atoms with Crippen LogP contribution in [0.15, 0.2) is 23.1 Å². The highest BCUT2D eigenvalue weighted by atomic mass is 35.5. The summed E-state index contributed by atoms with van der Waals surface area (Å²) in [6, 6.07) is 4.03. The molecule has 9 heteroatoms. The van der Waals surface area contributed by atoms with Gasteiger partial charge in [-0.2, -0.15) is 4.31 Å². The van der Waals surface area contributed by atoms with Gasteiger partial charge in [-0.1, -0.05) is 11.6 Å². The first-order chi connectivity index (χ1) is 9.84. The van der Waals surface area contributed by atoms with Gasteiger partial charge in [0.1, 0.15) is 4.90 Å². The number of nitrogens with zero attached hydrogens (tertiary/aromatic N) is 1. The fourth-order valence-corrected chi connectivity index (χ4v) is 4.04. The van der Waals surface area contributed by atoms with Gasteiger partial charge in [0.2, 0.25) is 10.0 Å². The van der Waals surface area contributed by atoms with Gasteiger partial charge in [0.05, 0.1) is 12.8 Å². The van der Waals surface area contributed by atoms with Crippen molar-refractivity contribution >= 4 is 33.4 Å². The summed E-state index contributed by atoms with van der Waals surface area (Å²) in [5, 5.41) is 2.88. The lowest BCUT2D eigenvalue weighted by Gasteiger charge is -2.18. The molecule has 1 aliphatic rings. The van der Waals surface area contributed by atoms with Gasteiger partial charge in [0.25, 0.3) is 0 Å². The van der Waals surface area contributed by atoms with E-state index in [-0.39, 0.29) is 23.2 Å². The van der Waals surface area contributed by atoms with Gasteiger partial charge in [0, 0.05) is 24.2 Å². The van der Waals surface area contributed by atoms with Crippen LogP contribution in [0, 0.1) is 0 Å². The third-order valence-electron chi connectivity index (χ3n) is 3.25. The van der Waals surface area contributed by atoms with E-state index < -0.39 is 16.1 Å². The van der Waals surface area contributed by atoms with Crippen LogP contribution in [0.25, 0.3) is 0 Å². The molecule has 1 heterocycles. The number of sulfonamides is 1. The fraction of sp³-hybridized carbons (Fsp3) is 0.417. The van der Waals surface area contributed by atoms with E-state index in [4.69, 9.17) is 17.3 Å². The molecule has 0 spiro atoms. The molecule has 1 unspecified atom stereocenters. The Morgan fingerprint density at radius 2 is 2.24 bits per heavy atom. The summed E-state index contributed by atoms with van der Waals surface area (Å²) in [5.74, 6) is 0. The van der Waals surface area contributed by atoms with Crippen molar-refractivity contribution in [2.75, 3.05) is 25.9 Å². The van der Waals surface area contributed by atoms with E-state index in [0.29, 0.717) is 18.0 Å². The Balaban J connectivity index is 2.18. The number of hydrogen-bond acceptors (Lipinski definition) is 5. The number of alkyl carbamates (subject to hydrolysis) is 1. The van der Waals surface area contributed by atoms with E-state index in [1.165, 1.54) is 29.6 Å². The van der Waals surface area contributed by atoms with Crippen molar-refractivity contribution < 1.29 is 17.9 Å². The van der Waals surface area contributed by atoms with Gasteiger partial charge in [-0.3, -0.25) is 0 Å². The van der Waals surface area contributed by atoms with Crippen LogP contribution in [0.1, 0.15) is 6.42 Å². The molecular formula is C12H16ClN3O4S. The molecule has 2 rings (SSSR count). The number of hydrogen-bond donors (Lipinski definition) is 2. The monoisotopic (exact) mass is 333 g/mol. The zero-order valence-corrected chi connectivity index (χ0v) is 12.9. The maximum absolute atomic E-state index is 12.6. The maximum atomic E-state index is 12.6. The Morgan fingerprint density at radius 1 is 1.52 bits per heavy atom. The second-order valence-corrected chi connectivity index (χ2v) is 7.01. The van der Waals surface area contributed by atoms with E-state index in [9.17, 15) is 13.2 Å². The summed E-state index contributed by atoms with van der Waals surface area (Å²) in [5.41, 5.74) is 5.87. The summed E-state index contributed by atoms with van der Waals surface area (Å²) in [7, 11) is -2.48. The van der Waals surface area contributed by atoms with Crippen LogP contribution in [0.2, 0.25) is 5.02 Å². The third-order valence-corrected chi connectivity index (χ3v) is 5.41. The highest BCUT2D eigenvalue weighted by molar-refractivity contribution is 7.89. The molecule has 0 aliphatic carbocycles. The summed E-state index contributed by atoms with van der Waals surface area (Å²) in [6.45, 7) is 0.465. The number of benzene rings is 1. The molecule has 116 valence electrons. The fourth-order valence-electron chi connectivity index (χ4n) is 2.16. The summed E-state index contributed by atoms with van der Waals surface area (Å²) in [4.78, 5) is 11.1. The Hall–Kier alpha value is -1.51. The van der Waals surface area contributed by atoms with Crippen molar-refractivity contribution in [2.24, 2.45) is 0 Å². The van der Waals surface area contributed by atoms with Crippen LogP contribution in [0.4, 0.5) is 10.5 Å². The van der Waals surface area contributed by atoms with Gasteiger partial charge in [-0.15, -0.1) is 0 Å². The zero-order chi connectivity index (χ0) is 15.6. The molecule has 1 aliphatic heterocycles. The molecule has 0 aromatic heterocycles. The SMILES string of the molecule is COC(=O)NC1CCN(S(=O)(=O)c2cc(Cl)ccc2N)C1. The number of amides is 1. The number of nitrogen functional groups attached to an aromatic ring is 1. The summed E-state index contributed by atoms with van der Waals surface area (Å²) < 4.78 is 30.9. The molecular weight excluding hydrogens is 318 g/mol. The van der Waals surface area contributed by atoms with Crippen LogP contribution in [0.5, 0.6) is 0 Å². The van der Waals surface area contributed by atoms with Crippen molar-refractivity contribution in [1.82, 2.24) is 9.62 Å². The van der Waals surface area contributed by atoms with Crippen molar-refractivity contribution in [3.05, 3.63) is 23.2 Å². The van der Waals surface area contributed by atoms with Gasteiger partial charge in [-0.25, -0.2) is 13.2 Å². The topological polar surface area (TPSA) is 102 Å². The Morgan fingerprint density at radius 3 is 2.90 bits per heavy atom. The number of carbonyl (C=O) groups excluding carboxylic acids is 1. The molecule has 1 amide bonds. The number of anilines is 1. The highest BCUT2D eigenvalue weighted by Gasteiger charge is 2.34. The van der Waals surface area contributed by atoms with E-state index in [1.54, 1.807) is 0 Å². The molecule has 0 saturated carbocycles. The first-order valence-corrected chi connectivity index (χ1v) is 8.06. The van der Waals surface area contributed by atoms with Crippen LogP contribution in [-0.2, 0) is 14.8 Å². The minimum atomic E-state index is -3.74. The van der Waals surface area contributed by atoms with Gasteiger partial charge < -0.3 is 15.8 Å². The normalized spacial score (nSPS) is 19.4. The van der Waals surface area contributed by atoms with Crippen LogP contribution >= 0.6 is 11.6 Å². The quantitative estimate of drug-likeness (QED) is 0.805. The molecule has 1 fully saturated rings. The van der Waals surface area contributed by atoms with E-state index in [2.05, 4.69) is 10.1 Å². The van der Waals surface area contributed by atoms with Crippen molar-refractivity contribution in [2.45, 2.75) is 17.4 Å². The van der Waals surface area contributed by atoms with E-state index >= 15 is 0 Å². The van der Waals surface area contributed by atoms with Gasteiger partial charge in [-0.05, 0) is 24.6 Å². The Kier molecular flexibility index (Phi) is 4.60. The lowest BCUT2D eigenvalue weighted by atomic mass is 10.3. The number of nitrogens with one attached hydrogen (secondary N) is 1. The zero-order valence-electron chi connectivity index (χ0n) is 11.4. The number of halogens is 1. The van der Waals surface area contributed by atoms with Crippen LogP contribution in [0.3, 0.4) is 0 Å². The lowest BCUT2D eigenvalue weighted by Crippen LogP contribution is -2.38. The van der Waals surface area contributed by atoms with Crippen molar-refractivity contribution in [3.63, 3.8) is 0 Å². The average molecular weight is 334 g/mol. The molecule has 7 nitrogen and oxygen atoms in total.